The van der Waals surface area contributed by atoms with E-state index in [1.807, 2.05) is 29.2 Å². The summed E-state index contributed by atoms with van der Waals surface area (Å²) in [6.07, 6.45) is 0. The van der Waals surface area contributed by atoms with Crippen LogP contribution >= 0.6 is 11.6 Å². The second-order valence-electron chi connectivity index (χ2n) is 4.84. The van der Waals surface area contributed by atoms with Crippen molar-refractivity contribution in [2.75, 3.05) is 18.1 Å². The molecule has 0 bridgehead atoms. The number of nitrogens with zero attached hydrogens (tertiary/aromatic N) is 1. The van der Waals surface area contributed by atoms with Crippen molar-refractivity contribution < 1.29 is 14.6 Å². The van der Waals surface area contributed by atoms with Crippen molar-refractivity contribution in [2.24, 2.45) is 0 Å². The fraction of sp³-hybridized carbons (Fsp3) is 0.188. The van der Waals surface area contributed by atoms with E-state index < -0.39 is 5.97 Å². The molecule has 1 N–H and O–H groups in total. The van der Waals surface area contributed by atoms with Crippen LogP contribution in [0.25, 0.3) is 0 Å². The number of ether oxygens (including phenoxy) is 1. The van der Waals surface area contributed by atoms with Gasteiger partial charge in [0.25, 0.3) is 0 Å². The normalized spacial score (nSPS) is 14.0. The third-order valence-corrected chi connectivity index (χ3v) is 3.72. The maximum atomic E-state index is 11.4. The lowest BCUT2D eigenvalue weighted by Crippen LogP contribution is -2.27. The number of halogens is 1. The zero-order valence-corrected chi connectivity index (χ0v) is 12.0. The largest absolute Gasteiger partial charge is 0.491 e. The SMILES string of the molecule is O=C(O)c1ccc(Cl)cc1N1CCOc2ccccc2C1. The van der Waals surface area contributed by atoms with Gasteiger partial charge >= 0.3 is 5.97 Å². The number of para-hydroxylation sites is 1. The van der Waals surface area contributed by atoms with Crippen LogP contribution in [0.3, 0.4) is 0 Å². The molecule has 0 amide bonds. The summed E-state index contributed by atoms with van der Waals surface area (Å²) in [5.41, 5.74) is 1.90. The molecule has 3 rings (SSSR count). The third kappa shape index (κ3) is 2.81. The van der Waals surface area contributed by atoms with Gasteiger partial charge in [0.15, 0.2) is 0 Å². The molecule has 0 saturated heterocycles. The number of aromatic carboxylic acids is 1. The fourth-order valence-corrected chi connectivity index (χ4v) is 2.64. The number of hydrogen-bond donors (Lipinski definition) is 1. The average Bonchev–Trinajstić information content (AvgIpc) is 2.68. The van der Waals surface area contributed by atoms with Gasteiger partial charge in [0, 0.05) is 17.1 Å². The molecule has 0 atom stereocenters. The third-order valence-electron chi connectivity index (χ3n) is 3.48. The monoisotopic (exact) mass is 303 g/mol. The van der Waals surface area contributed by atoms with E-state index in [9.17, 15) is 9.90 Å². The first kappa shape index (κ1) is 13.8. The zero-order valence-electron chi connectivity index (χ0n) is 11.3. The predicted molar refractivity (Wildman–Crippen MR) is 81.4 cm³/mol. The maximum absolute atomic E-state index is 11.4. The van der Waals surface area contributed by atoms with Crippen molar-refractivity contribution in [3.63, 3.8) is 0 Å². The van der Waals surface area contributed by atoms with Gasteiger partial charge in [0.1, 0.15) is 12.4 Å². The number of benzene rings is 2. The average molecular weight is 304 g/mol. The van der Waals surface area contributed by atoms with Crippen LogP contribution in [0.15, 0.2) is 42.5 Å². The molecule has 0 aromatic heterocycles. The molecule has 2 aromatic rings. The lowest BCUT2D eigenvalue weighted by Gasteiger charge is -2.24. The van der Waals surface area contributed by atoms with Gasteiger partial charge in [-0.25, -0.2) is 4.79 Å². The van der Waals surface area contributed by atoms with Crippen LogP contribution in [0.1, 0.15) is 15.9 Å². The second kappa shape index (κ2) is 5.66. The van der Waals surface area contributed by atoms with E-state index in [1.165, 1.54) is 6.07 Å². The van der Waals surface area contributed by atoms with Gasteiger partial charge in [-0.3, -0.25) is 0 Å². The molecule has 2 aromatic carbocycles. The minimum absolute atomic E-state index is 0.249. The van der Waals surface area contributed by atoms with Crippen LogP contribution in [0.4, 0.5) is 5.69 Å². The lowest BCUT2D eigenvalue weighted by molar-refractivity contribution is 0.0697. The van der Waals surface area contributed by atoms with Gasteiger partial charge in [0.2, 0.25) is 0 Å². The van der Waals surface area contributed by atoms with Crippen LogP contribution in [0.2, 0.25) is 5.02 Å². The standard InChI is InChI=1S/C16H14ClNO3/c17-12-5-6-13(16(19)20)14(9-12)18-7-8-21-15-4-2-1-3-11(15)10-18/h1-6,9H,7-8,10H2,(H,19,20). The molecular weight excluding hydrogens is 290 g/mol. The Hall–Kier alpha value is -2.20. The molecule has 5 heteroatoms. The minimum Gasteiger partial charge on any atom is -0.491 e. The van der Waals surface area contributed by atoms with Crippen molar-refractivity contribution in [1.82, 2.24) is 0 Å². The molecule has 1 aliphatic heterocycles. The molecular formula is C16H14ClNO3. The first-order chi connectivity index (χ1) is 10.1. The Morgan fingerprint density at radius 3 is 2.86 bits per heavy atom. The Morgan fingerprint density at radius 2 is 2.05 bits per heavy atom. The first-order valence-corrected chi connectivity index (χ1v) is 7.01. The highest BCUT2D eigenvalue weighted by molar-refractivity contribution is 6.31. The van der Waals surface area contributed by atoms with Gasteiger partial charge < -0.3 is 14.7 Å². The summed E-state index contributed by atoms with van der Waals surface area (Å²) < 4.78 is 5.71. The highest BCUT2D eigenvalue weighted by Gasteiger charge is 2.20. The van der Waals surface area contributed by atoms with Gasteiger partial charge in [-0.2, -0.15) is 0 Å². The Kier molecular flexibility index (Phi) is 3.71. The second-order valence-corrected chi connectivity index (χ2v) is 5.28. The fourth-order valence-electron chi connectivity index (χ4n) is 2.48. The van der Waals surface area contributed by atoms with Crippen LogP contribution in [0.5, 0.6) is 5.75 Å². The van der Waals surface area contributed by atoms with Crippen molar-refractivity contribution in [3.8, 4) is 5.75 Å². The Balaban J connectivity index is 2.01. The van der Waals surface area contributed by atoms with E-state index in [1.54, 1.807) is 12.1 Å². The molecule has 0 fully saturated rings. The summed E-state index contributed by atoms with van der Waals surface area (Å²) in [7, 11) is 0. The van der Waals surface area contributed by atoms with E-state index in [2.05, 4.69) is 0 Å². The smallest absolute Gasteiger partial charge is 0.337 e. The van der Waals surface area contributed by atoms with E-state index in [4.69, 9.17) is 16.3 Å². The number of carbonyl (C=O) groups is 1. The predicted octanol–water partition coefficient (Wildman–Crippen LogP) is 3.44. The van der Waals surface area contributed by atoms with E-state index >= 15 is 0 Å². The summed E-state index contributed by atoms with van der Waals surface area (Å²) in [5.74, 6) is -0.112. The summed E-state index contributed by atoms with van der Waals surface area (Å²) in [4.78, 5) is 13.4. The number of fused-ring (bicyclic) bond motifs is 1. The number of carboxylic acids is 1. The minimum atomic E-state index is -0.958. The van der Waals surface area contributed by atoms with E-state index in [0.29, 0.717) is 30.4 Å². The molecule has 1 heterocycles. The number of rotatable bonds is 2. The van der Waals surface area contributed by atoms with E-state index in [-0.39, 0.29) is 5.56 Å². The van der Waals surface area contributed by atoms with Crippen molar-refractivity contribution in [1.29, 1.82) is 0 Å². The molecule has 0 aliphatic carbocycles. The van der Waals surface area contributed by atoms with E-state index in [0.717, 1.165) is 11.3 Å². The number of carboxylic acid groups (broad SMARTS) is 1. The van der Waals surface area contributed by atoms with Crippen molar-refractivity contribution >= 4 is 23.3 Å². The van der Waals surface area contributed by atoms with Crippen LogP contribution in [-0.2, 0) is 6.54 Å². The Morgan fingerprint density at radius 1 is 1.24 bits per heavy atom. The summed E-state index contributed by atoms with van der Waals surface area (Å²) in [5, 5.41) is 9.87. The van der Waals surface area contributed by atoms with Crippen LogP contribution in [0, 0.1) is 0 Å². The molecule has 0 radical (unpaired) electrons. The maximum Gasteiger partial charge on any atom is 0.337 e. The highest BCUT2D eigenvalue weighted by atomic mass is 35.5. The Labute approximate surface area is 127 Å². The van der Waals surface area contributed by atoms with Crippen molar-refractivity contribution in [3.05, 3.63) is 58.6 Å². The summed E-state index contributed by atoms with van der Waals surface area (Å²) in [6, 6.07) is 12.6. The topological polar surface area (TPSA) is 49.8 Å². The zero-order chi connectivity index (χ0) is 14.8. The Bertz CT molecular complexity index is 687. The number of anilines is 1. The number of hydrogen-bond acceptors (Lipinski definition) is 3. The summed E-state index contributed by atoms with van der Waals surface area (Å²) in [6.45, 7) is 1.70. The first-order valence-electron chi connectivity index (χ1n) is 6.63. The van der Waals surface area contributed by atoms with Gasteiger partial charge in [0.05, 0.1) is 17.8 Å². The van der Waals surface area contributed by atoms with Gasteiger partial charge in [-0.1, -0.05) is 29.8 Å². The molecule has 4 nitrogen and oxygen atoms in total. The summed E-state index contributed by atoms with van der Waals surface area (Å²) >= 11 is 6.03. The highest BCUT2D eigenvalue weighted by Crippen LogP contribution is 2.30. The van der Waals surface area contributed by atoms with Crippen LogP contribution in [-0.4, -0.2) is 24.2 Å². The molecule has 0 unspecified atom stereocenters. The molecule has 0 saturated carbocycles. The van der Waals surface area contributed by atoms with Gasteiger partial charge in [-0.05, 0) is 24.3 Å². The van der Waals surface area contributed by atoms with Crippen molar-refractivity contribution in [2.45, 2.75) is 6.54 Å². The quantitative estimate of drug-likeness (QED) is 0.923. The molecule has 0 spiro atoms. The molecule has 108 valence electrons. The van der Waals surface area contributed by atoms with Gasteiger partial charge in [-0.15, -0.1) is 0 Å². The molecule has 21 heavy (non-hydrogen) atoms. The van der Waals surface area contributed by atoms with Crippen LogP contribution < -0.4 is 9.64 Å². The molecule has 1 aliphatic rings. The lowest BCUT2D eigenvalue weighted by atomic mass is 10.1.